The Labute approximate surface area is 232 Å². The number of hydrogen-bond donors (Lipinski definition) is 5. The molecule has 0 unspecified atom stereocenters. The van der Waals surface area contributed by atoms with Crippen LogP contribution in [0.15, 0.2) is 0 Å². The van der Waals surface area contributed by atoms with Gasteiger partial charge in [0.15, 0.2) is 0 Å². The van der Waals surface area contributed by atoms with Gasteiger partial charge in [-0.05, 0) is 0 Å². The predicted molar refractivity (Wildman–Crippen MR) is 121 cm³/mol. The summed E-state index contributed by atoms with van der Waals surface area (Å²) in [4.78, 5) is 69.1. The van der Waals surface area contributed by atoms with Crippen LogP contribution in [0, 0.1) is 46.0 Å². The molecule has 0 rings (SSSR count). The first kappa shape index (κ1) is 58.8. The predicted octanol–water partition coefficient (Wildman–Crippen LogP) is -3.44. The third-order valence-electron chi connectivity index (χ3n) is 3.46. The van der Waals surface area contributed by atoms with E-state index < -0.39 is 55.8 Å². The summed E-state index contributed by atoms with van der Waals surface area (Å²) in [5.41, 5.74) is 0. The Morgan fingerprint density at radius 1 is 0.600 bits per heavy atom. The van der Waals surface area contributed by atoms with Crippen LogP contribution in [0.5, 0.6) is 0 Å². The molecule has 0 bridgehead atoms. The Kier molecular flexibility index (Phi) is 76.9. The minimum absolute atomic E-state index is 0. The van der Waals surface area contributed by atoms with E-state index in [1.165, 1.54) is 21.1 Å². The second-order valence-electron chi connectivity index (χ2n) is 4.87. The number of hydrogen-bond acceptors (Lipinski definition) is 13. The molecule has 0 spiro atoms. The van der Waals surface area contributed by atoms with Crippen molar-refractivity contribution in [1.29, 1.82) is 0 Å². The molecule has 0 saturated carbocycles. The van der Waals surface area contributed by atoms with Gasteiger partial charge < -0.3 is 79.2 Å². The van der Waals surface area contributed by atoms with Crippen molar-refractivity contribution in [1.82, 2.24) is 0 Å². The topological polar surface area (TPSA) is 374 Å². The van der Waals surface area contributed by atoms with Crippen LogP contribution in [0.2, 0.25) is 21.1 Å². The van der Waals surface area contributed by atoms with Gasteiger partial charge in [-0.15, -0.1) is 27.7 Å². The molecule has 0 aromatic carbocycles. The number of nitrogens with zero attached hydrogens (tertiary/aromatic N) is 3. The van der Waals surface area contributed by atoms with Crippen molar-refractivity contribution >= 4 is 81.0 Å². The van der Waals surface area contributed by atoms with E-state index >= 15 is 0 Å². The molecule has 0 amide bonds. The zero-order chi connectivity index (χ0) is 28.8. The number of rotatable bonds is 4. The summed E-state index contributed by atoms with van der Waals surface area (Å²) in [6, 6.07) is 0. The third kappa shape index (κ3) is 280. The first-order valence-corrected chi connectivity index (χ1v) is 15.2. The molecule has 0 aliphatic carbocycles. The van der Waals surface area contributed by atoms with Crippen LogP contribution in [-0.4, -0.2) is 120 Å². The van der Waals surface area contributed by atoms with Crippen molar-refractivity contribution < 1.29 is 57.4 Å². The zero-order valence-corrected chi connectivity index (χ0v) is 25.8. The van der Waals surface area contributed by atoms with E-state index in [0.717, 1.165) is 0 Å². The Morgan fingerprint density at radius 2 is 0.657 bits per heavy atom. The van der Waals surface area contributed by atoms with Crippen LogP contribution in [0.4, 0.5) is 0 Å². The van der Waals surface area contributed by atoms with E-state index in [2.05, 4.69) is 27.7 Å². The molecular formula is C8H25Al2MgN3O18Si3. The first-order chi connectivity index (χ1) is 14.6. The summed E-state index contributed by atoms with van der Waals surface area (Å²) < 4.78 is 26.1. The minimum Gasteiger partial charge on any atom is -0.604 e. The molecule has 0 aliphatic rings. The second-order valence-corrected chi connectivity index (χ2v) is 13.3. The molecule has 21 nitrogen and oxygen atoms in total. The summed E-state index contributed by atoms with van der Waals surface area (Å²) in [7, 11) is -9.64. The van der Waals surface area contributed by atoms with Gasteiger partial charge in [-0.2, -0.15) is 21.1 Å². The van der Waals surface area contributed by atoms with Crippen LogP contribution in [0.3, 0.4) is 0 Å². The molecular weight excluding hydrogens is 589 g/mol. The molecule has 5 N–H and O–H groups in total. The Morgan fingerprint density at radius 3 is 0.657 bits per heavy atom. The normalized spacial score (nSPS) is 7.20. The maximum Gasteiger partial charge on any atom is 3.00 e. The molecule has 0 aromatic heterocycles. The van der Waals surface area contributed by atoms with E-state index in [1.807, 2.05) is 0 Å². The van der Waals surface area contributed by atoms with E-state index in [1.54, 1.807) is 0 Å². The molecule has 0 aliphatic heterocycles. The van der Waals surface area contributed by atoms with E-state index in [4.69, 9.17) is 88.1 Å². The summed E-state index contributed by atoms with van der Waals surface area (Å²) >= 11 is -0.963. The summed E-state index contributed by atoms with van der Waals surface area (Å²) in [5, 5.41) is 50.3. The molecule has 27 heteroatoms. The SMILES string of the molecule is C[CH2][Al-]([CH2]C)([CH2]C)[CH2]C.O=[N+]([O-])[O-].O=[N+]([O-])[O-].O=[N+]([O-])[O-].O=[Si](O)O.O=[Si](O)O.O=[Si]([O-])O.[Al+3].[Mg+2]. The summed E-state index contributed by atoms with van der Waals surface area (Å²) in [5.74, 6) is 0. The molecule has 35 heavy (non-hydrogen) atoms. The Hall–Kier alpha value is -1.72. The van der Waals surface area contributed by atoms with Crippen molar-refractivity contribution in [3.63, 3.8) is 0 Å². The molecule has 0 heterocycles. The van der Waals surface area contributed by atoms with E-state index in [-0.39, 0.29) is 40.4 Å². The second kappa shape index (κ2) is 45.7. The van der Waals surface area contributed by atoms with E-state index in [0.29, 0.717) is 0 Å². The third-order valence-corrected chi connectivity index (χ3v) is 10.4. The average molecular weight is 614 g/mol. The smallest absolute Gasteiger partial charge is 0.604 e. The standard InChI is InChI=1S/4C2H5.2Al.Mg.3NO3.2H2O3Si.HO3Si/c4*1-2;;;;3*2-1(3)4;3*1-4(2)3/h4*1H2,2H3;;;;;;;2*1-2H;1H/q;;;;-1;+3;+2;3*-1;;;-1. The summed E-state index contributed by atoms with van der Waals surface area (Å²) in [6.07, 6.45) is 0. The Balaban J connectivity index is -0.0000000330. The first-order valence-electron chi connectivity index (χ1n) is 8.04. The van der Waals surface area contributed by atoms with E-state index in [9.17, 15) is 0 Å². The quantitative estimate of drug-likeness (QED) is 0.117. The van der Waals surface area contributed by atoms with Crippen LogP contribution >= 0.6 is 0 Å². The van der Waals surface area contributed by atoms with Gasteiger partial charge in [0.25, 0.3) is 0 Å². The van der Waals surface area contributed by atoms with Gasteiger partial charge >= 0.3 is 67.9 Å². The molecule has 0 radical (unpaired) electrons. The molecule has 0 fully saturated rings. The Bertz CT molecular complexity index is 413. The van der Waals surface area contributed by atoms with Gasteiger partial charge in [0.2, 0.25) is 0 Å². The minimum atomic E-state index is -3.38. The van der Waals surface area contributed by atoms with Gasteiger partial charge in [0.05, 0.1) is 15.3 Å². The fourth-order valence-corrected chi connectivity index (χ4v) is 5.20. The van der Waals surface area contributed by atoms with Gasteiger partial charge in [-0.1, -0.05) is 0 Å². The maximum atomic E-state index is 8.74. The van der Waals surface area contributed by atoms with Crippen LogP contribution in [0.1, 0.15) is 27.7 Å². The molecule has 200 valence electrons. The van der Waals surface area contributed by atoms with Gasteiger partial charge in [-0.3, -0.25) is 8.92 Å². The molecule has 0 atom stereocenters. The maximum absolute atomic E-state index is 8.74. The van der Waals surface area contributed by atoms with Gasteiger partial charge in [-0.25, -0.2) is 0 Å². The fraction of sp³-hybridized carbons (Fsp3) is 1.00. The largest absolute Gasteiger partial charge is 3.00 e. The van der Waals surface area contributed by atoms with Gasteiger partial charge in [0.1, 0.15) is 13.1 Å². The van der Waals surface area contributed by atoms with Crippen molar-refractivity contribution in [2.24, 2.45) is 0 Å². The molecule has 0 aromatic rings. The molecule has 0 saturated heterocycles. The fourth-order valence-electron chi connectivity index (χ4n) is 1.73. The van der Waals surface area contributed by atoms with Crippen LogP contribution in [-0.2, 0) is 13.4 Å². The monoisotopic (exact) mass is 613 g/mol. The van der Waals surface area contributed by atoms with Gasteiger partial charge in [0, 0.05) is 0 Å². The average Bonchev–Trinajstić information content (AvgIpc) is 2.54. The van der Waals surface area contributed by atoms with Crippen molar-refractivity contribution in [3.05, 3.63) is 46.0 Å². The van der Waals surface area contributed by atoms with Crippen molar-refractivity contribution in [2.45, 2.75) is 48.8 Å². The van der Waals surface area contributed by atoms with Crippen LogP contribution < -0.4 is 4.80 Å². The summed E-state index contributed by atoms with van der Waals surface area (Å²) in [6.45, 7) is 9.50. The van der Waals surface area contributed by atoms with Crippen molar-refractivity contribution in [3.8, 4) is 0 Å². The van der Waals surface area contributed by atoms with Crippen molar-refractivity contribution in [2.75, 3.05) is 0 Å². The van der Waals surface area contributed by atoms with Crippen LogP contribution in [0.25, 0.3) is 0 Å². The zero-order valence-electron chi connectivity index (χ0n) is 19.1.